The van der Waals surface area contributed by atoms with Crippen molar-refractivity contribution in [3.8, 4) is 5.75 Å². The number of rotatable bonds is 7. The van der Waals surface area contributed by atoms with Crippen molar-refractivity contribution in [2.45, 2.75) is 44.3 Å². The topological polar surface area (TPSA) is 53.7 Å². The van der Waals surface area contributed by atoms with Crippen LogP contribution in [0.4, 0.5) is 4.39 Å². The average Bonchev–Trinajstić information content (AvgIpc) is 2.59. The summed E-state index contributed by atoms with van der Waals surface area (Å²) in [7, 11) is 3.37. The Kier molecular flexibility index (Phi) is 6.39. The fourth-order valence-electron chi connectivity index (χ4n) is 3.59. The molecule has 0 saturated heterocycles. The van der Waals surface area contributed by atoms with Crippen molar-refractivity contribution < 1.29 is 18.6 Å². The largest absolute Gasteiger partial charge is 0.491 e. The van der Waals surface area contributed by atoms with Crippen molar-refractivity contribution in [3.05, 3.63) is 29.6 Å². The van der Waals surface area contributed by atoms with Gasteiger partial charge in [-0.15, -0.1) is 0 Å². The minimum absolute atomic E-state index is 0.145. The molecule has 1 unspecified atom stereocenters. The van der Waals surface area contributed by atoms with E-state index in [0.29, 0.717) is 24.8 Å². The summed E-state index contributed by atoms with van der Waals surface area (Å²) in [6.07, 6.45) is 3.58. The molecular weight excluding hydrogens is 297 g/mol. The number of ether oxygens (including phenoxy) is 3. The zero-order valence-electron chi connectivity index (χ0n) is 14.3. The lowest BCUT2D eigenvalue weighted by molar-refractivity contribution is -0.228. The number of nitrogens with two attached hydrogens (primary N) is 1. The highest BCUT2D eigenvalue weighted by atomic mass is 19.1. The van der Waals surface area contributed by atoms with E-state index in [4.69, 9.17) is 19.9 Å². The molecule has 1 aliphatic carbocycles. The van der Waals surface area contributed by atoms with Gasteiger partial charge >= 0.3 is 0 Å². The first kappa shape index (κ1) is 18.2. The molecular formula is C18H28FNO3. The van der Waals surface area contributed by atoms with Crippen LogP contribution in [0, 0.1) is 11.7 Å². The number of hydrogen-bond acceptors (Lipinski definition) is 4. The van der Waals surface area contributed by atoms with Crippen LogP contribution < -0.4 is 10.5 Å². The molecule has 0 bridgehead atoms. The van der Waals surface area contributed by atoms with Crippen LogP contribution in [-0.4, -0.2) is 33.2 Å². The molecule has 1 saturated carbocycles. The normalized spacial score (nSPS) is 19.5. The molecule has 1 atom stereocenters. The van der Waals surface area contributed by atoms with Crippen LogP contribution in [0.1, 0.15) is 44.1 Å². The molecule has 1 fully saturated rings. The molecule has 130 valence electrons. The third kappa shape index (κ3) is 4.03. The van der Waals surface area contributed by atoms with Gasteiger partial charge in [0.1, 0.15) is 0 Å². The zero-order valence-corrected chi connectivity index (χ0v) is 14.3. The molecule has 0 radical (unpaired) electrons. The maximum atomic E-state index is 14.1. The van der Waals surface area contributed by atoms with Crippen molar-refractivity contribution >= 4 is 0 Å². The van der Waals surface area contributed by atoms with Gasteiger partial charge in [0.2, 0.25) is 0 Å². The van der Waals surface area contributed by atoms with E-state index in [2.05, 4.69) is 0 Å². The van der Waals surface area contributed by atoms with E-state index in [1.807, 2.05) is 13.0 Å². The highest BCUT2D eigenvalue weighted by molar-refractivity contribution is 5.32. The average molecular weight is 325 g/mol. The second kappa shape index (κ2) is 8.08. The molecule has 0 spiro atoms. The SMILES string of the molecule is CCOc1ccc(C(CN)C2CCC(OC)(OC)CC2)cc1F. The monoisotopic (exact) mass is 325 g/mol. The van der Waals surface area contributed by atoms with E-state index in [-0.39, 0.29) is 11.7 Å². The van der Waals surface area contributed by atoms with E-state index in [9.17, 15) is 4.39 Å². The second-order valence-electron chi connectivity index (χ2n) is 6.12. The van der Waals surface area contributed by atoms with E-state index in [0.717, 1.165) is 31.2 Å². The molecule has 4 nitrogen and oxygen atoms in total. The summed E-state index contributed by atoms with van der Waals surface area (Å²) in [5, 5.41) is 0. The number of benzene rings is 1. The molecule has 1 aromatic carbocycles. The first-order valence-corrected chi connectivity index (χ1v) is 8.31. The molecule has 0 aromatic heterocycles. The van der Waals surface area contributed by atoms with Crippen LogP contribution in [0.25, 0.3) is 0 Å². The van der Waals surface area contributed by atoms with Crippen LogP contribution in [-0.2, 0) is 9.47 Å². The highest BCUT2D eigenvalue weighted by Crippen LogP contribution is 2.41. The molecule has 0 amide bonds. The Hall–Kier alpha value is -1.17. The van der Waals surface area contributed by atoms with Crippen molar-refractivity contribution in [1.82, 2.24) is 0 Å². The lowest BCUT2D eigenvalue weighted by Gasteiger charge is -2.40. The summed E-state index contributed by atoms with van der Waals surface area (Å²) in [4.78, 5) is 0. The van der Waals surface area contributed by atoms with E-state index in [1.54, 1.807) is 26.4 Å². The lowest BCUT2D eigenvalue weighted by Crippen LogP contribution is -2.40. The van der Waals surface area contributed by atoms with Crippen molar-refractivity contribution in [2.24, 2.45) is 11.7 Å². The summed E-state index contributed by atoms with van der Waals surface area (Å²) in [6, 6.07) is 5.20. The highest BCUT2D eigenvalue weighted by Gasteiger charge is 2.38. The smallest absolute Gasteiger partial charge is 0.167 e. The Morgan fingerprint density at radius 1 is 1.26 bits per heavy atom. The minimum atomic E-state index is -0.472. The first-order valence-electron chi connectivity index (χ1n) is 8.31. The van der Waals surface area contributed by atoms with E-state index in [1.165, 1.54) is 0 Å². The van der Waals surface area contributed by atoms with Gasteiger partial charge in [-0.1, -0.05) is 6.07 Å². The Morgan fingerprint density at radius 3 is 2.39 bits per heavy atom. The second-order valence-corrected chi connectivity index (χ2v) is 6.12. The van der Waals surface area contributed by atoms with Crippen molar-refractivity contribution in [2.75, 3.05) is 27.4 Å². The van der Waals surface area contributed by atoms with Gasteiger partial charge in [0, 0.05) is 27.1 Å². The summed E-state index contributed by atoms with van der Waals surface area (Å²) in [6.45, 7) is 2.80. The zero-order chi connectivity index (χ0) is 16.9. The summed E-state index contributed by atoms with van der Waals surface area (Å²) in [5.41, 5.74) is 6.94. The van der Waals surface area contributed by atoms with E-state index >= 15 is 0 Å². The van der Waals surface area contributed by atoms with Gasteiger partial charge < -0.3 is 19.9 Å². The van der Waals surface area contributed by atoms with Gasteiger partial charge in [-0.2, -0.15) is 0 Å². The van der Waals surface area contributed by atoms with Gasteiger partial charge in [0.05, 0.1) is 6.61 Å². The third-order valence-corrected chi connectivity index (χ3v) is 5.04. The summed E-state index contributed by atoms with van der Waals surface area (Å²) >= 11 is 0. The molecule has 1 aromatic rings. The number of hydrogen-bond donors (Lipinski definition) is 1. The fourth-order valence-corrected chi connectivity index (χ4v) is 3.59. The van der Waals surface area contributed by atoms with Crippen LogP contribution >= 0.6 is 0 Å². The van der Waals surface area contributed by atoms with E-state index < -0.39 is 5.79 Å². The minimum Gasteiger partial charge on any atom is -0.491 e. The van der Waals surface area contributed by atoms with Crippen LogP contribution in [0.5, 0.6) is 5.75 Å². The number of methoxy groups -OCH3 is 2. The first-order chi connectivity index (χ1) is 11.1. The Balaban J connectivity index is 2.10. The molecule has 1 aliphatic rings. The molecule has 5 heteroatoms. The number of halogens is 1. The van der Waals surface area contributed by atoms with Crippen molar-refractivity contribution in [1.29, 1.82) is 0 Å². The van der Waals surface area contributed by atoms with Gasteiger partial charge in [-0.25, -0.2) is 4.39 Å². The predicted molar refractivity (Wildman–Crippen MR) is 88.1 cm³/mol. The fraction of sp³-hybridized carbons (Fsp3) is 0.667. The van der Waals surface area contributed by atoms with Gasteiger partial charge in [-0.3, -0.25) is 0 Å². The maximum absolute atomic E-state index is 14.1. The van der Waals surface area contributed by atoms with Crippen molar-refractivity contribution in [3.63, 3.8) is 0 Å². The Morgan fingerprint density at radius 2 is 1.91 bits per heavy atom. The quantitative estimate of drug-likeness (QED) is 0.780. The predicted octanol–water partition coefficient (Wildman–Crippen LogP) is 3.45. The standard InChI is InChI=1S/C18H28FNO3/c1-4-23-17-6-5-14(11-16(17)19)15(12-20)13-7-9-18(21-2,22-3)10-8-13/h5-6,11,13,15H,4,7-10,12,20H2,1-3H3. The van der Waals surface area contributed by atoms with Crippen LogP contribution in [0.3, 0.4) is 0 Å². The molecule has 0 heterocycles. The van der Waals surface area contributed by atoms with Gasteiger partial charge in [-0.05, 0) is 55.8 Å². The Bertz CT molecular complexity index is 495. The molecule has 23 heavy (non-hydrogen) atoms. The Labute approximate surface area is 138 Å². The third-order valence-electron chi connectivity index (χ3n) is 5.04. The van der Waals surface area contributed by atoms with Crippen LogP contribution in [0.2, 0.25) is 0 Å². The molecule has 0 aliphatic heterocycles. The molecule has 2 rings (SSSR count). The van der Waals surface area contributed by atoms with Crippen LogP contribution in [0.15, 0.2) is 18.2 Å². The summed E-state index contributed by atoms with van der Waals surface area (Å²) in [5.74, 6) is 0.0672. The maximum Gasteiger partial charge on any atom is 0.167 e. The lowest BCUT2D eigenvalue weighted by atomic mass is 9.75. The van der Waals surface area contributed by atoms with Gasteiger partial charge in [0.15, 0.2) is 17.4 Å². The van der Waals surface area contributed by atoms with Gasteiger partial charge in [0.25, 0.3) is 0 Å². The summed E-state index contributed by atoms with van der Waals surface area (Å²) < 4.78 is 30.4. The molecule has 2 N–H and O–H groups in total.